The van der Waals surface area contributed by atoms with E-state index < -0.39 is 6.36 Å². The van der Waals surface area contributed by atoms with Crippen LogP contribution < -0.4 is 10.2 Å². The van der Waals surface area contributed by atoms with Crippen molar-refractivity contribution in [3.05, 3.63) is 46.7 Å². The molecule has 2 aliphatic heterocycles. The lowest BCUT2D eigenvalue weighted by molar-refractivity contribution is -0.274. The number of carbonyl (C=O) groups excluding carboxylic acids is 1. The van der Waals surface area contributed by atoms with Crippen LogP contribution in [0.25, 0.3) is 5.57 Å². The second-order valence-electron chi connectivity index (χ2n) is 6.08. The lowest BCUT2D eigenvalue weighted by Crippen LogP contribution is -2.28. The minimum atomic E-state index is -4.73. The molecule has 9 heteroatoms. The first-order chi connectivity index (χ1) is 12.2. The lowest BCUT2D eigenvalue weighted by atomic mass is 9.98. The van der Waals surface area contributed by atoms with E-state index in [0.29, 0.717) is 34.5 Å². The van der Waals surface area contributed by atoms with Gasteiger partial charge in [-0.3, -0.25) is 4.79 Å². The second-order valence-corrected chi connectivity index (χ2v) is 6.08. The van der Waals surface area contributed by atoms with Gasteiger partial charge >= 0.3 is 6.36 Å². The molecule has 2 aliphatic rings. The van der Waals surface area contributed by atoms with Gasteiger partial charge in [-0.2, -0.15) is 10.2 Å². The summed E-state index contributed by atoms with van der Waals surface area (Å²) in [6.45, 7) is 2.04. The van der Waals surface area contributed by atoms with E-state index >= 15 is 0 Å². The number of nitrogens with zero attached hydrogens (tertiary/aromatic N) is 3. The first-order valence-corrected chi connectivity index (χ1v) is 7.76. The highest BCUT2D eigenvalue weighted by Gasteiger charge is 2.31. The molecule has 0 radical (unpaired) electrons. The third-order valence-corrected chi connectivity index (χ3v) is 3.95. The number of carbonyl (C=O) groups is 1. The van der Waals surface area contributed by atoms with Crippen molar-refractivity contribution in [3.63, 3.8) is 0 Å². The average Bonchev–Trinajstić information content (AvgIpc) is 2.95. The predicted molar refractivity (Wildman–Crippen MR) is 89.9 cm³/mol. The summed E-state index contributed by atoms with van der Waals surface area (Å²) >= 11 is 0. The number of likely N-dealkylation sites (N-methyl/N-ethyl adjacent to an activating group) is 1. The largest absolute Gasteiger partial charge is 0.573 e. The monoisotopic (exact) mass is 366 g/mol. The molecule has 1 aromatic carbocycles. The van der Waals surface area contributed by atoms with Gasteiger partial charge in [0.05, 0.1) is 17.5 Å². The third-order valence-electron chi connectivity index (χ3n) is 3.95. The fraction of sp³-hybridized carbons (Fsp3) is 0.294. The molecule has 0 spiro atoms. The van der Waals surface area contributed by atoms with Crippen LogP contribution in [-0.4, -0.2) is 49.1 Å². The number of alkyl halides is 3. The molecule has 1 amide bonds. The van der Waals surface area contributed by atoms with Gasteiger partial charge in [0, 0.05) is 26.2 Å². The Bertz CT molecular complexity index is 841. The Kier molecular flexibility index (Phi) is 4.49. The van der Waals surface area contributed by atoms with E-state index in [1.165, 1.54) is 22.2 Å². The minimum Gasteiger partial charge on any atom is -0.406 e. The summed E-state index contributed by atoms with van der Waals surface area (Å²) in [7, 11) is 3.33. The zero-order valence-corrected chi connectivity index (χ0v) is 14.4. The van der Waals surface area contributed by atoms with Crippen LogP contribution in [0.2, 0.25) is 0 Å². The van der Waals surface area contributed by atoms with Crippen molar-refractivity contribution in [3.8, 4) is 5.75 Å². The van der Waals surface area contributed by atoms with Crippen molar-refractivity contribution in [2.45, 2.75) is 13.3 Å². The SMILES string of the molecule is Cc1cc(OC(F)(F)F)ccc1C1=CC2=C(C(=O)N(C)C)CNN2N=C1. The molecule has 0 unspecified atom stereocenters. The Morgan fingerprint density at radius 3 is 2.69 bits per heavy atom. The third kappa shape index (κ3) is 3.57. The van der Waals surface area contributed by atoms with Gasteiger partial charge in [0.1, 0.15) is 5.75 Å². The Balaban J connectivity index is 1.95. The topological polar surface area (TPSA) is 57.2 Å². The van der Waals surface area contributed by atoms with Crippen LogP contribution in [0.15, 0.2) is 40.6 Å². The zero-order chi connectivity index (χ0) is 19.1. The number of nitrogens with one attached hydrogen (secondary N) is 1. The summed E-state index contributed by atoms with van der Waals surface area (Å²) in [5, 5.41) is 5.76. The van der Waals surface area contributed by atoms with Crippen molar-refractivity contribution in [1.29, 1.82) is 0 Å². The van der Waals surface area contributed by atoms with Crippen LogP contribution in [0.4, 0.5) is 13.2 Å². The van der Waals surface area contributed by atoms with Crippen LogP contribution >= 0.6 is 0 Å². The molecule has 26 heavy (non-hydrogen) atoms. The number of ether oxygens (including phenoxy) is 1. The quantitative estimate of drug-likeness (QED) is 0.893. The van der Waals surface area contributed by atoms with Gasteiger partial charge in [-0.25, -0.2) is 5.43 Å². The number of allylic oxidation sites excluding steroid dienone is 2. The number of rotatable bonds is 3. The molecule has 0 fully saturated rings. The molecule has 1 aromatic rings. The van der Waals surface area contributed by atoms with Crippen molar-refractivity contribution >= 4 is 17.7 Å². The highest BCUT2D eigenvalue weighted by Crippen LogP contribution is 2.31. The van der Waals surface area contributed by atoms with Gasteiger partial charge in [-0.05, 0) is 36.3 Å². The number of hydrazine groups is 1. The molecule has 138 valence electrons. The minimum absolute atomic E-state index is 0.131. The first-order valence-electron chi connectivity index (χ1n) is 7.76. The summed E-state index contributed by atoms with van der Waals surface area (Å²) < 4.78 is 41.0. The van der Waals surface area contributed by atoms with E-state index in [4.69, 9.17) is 0 Å². The summed E-state index contributed by atoms with van der Waals surface area (Å²) in [6.07, 6.45) is -1.36. The van der Waals surface area contributed by atoms with E-state index in [2.05, 4.69) is 15.3 Å². The molecule has 1 N–H and O–H groups in total. The molecular weight excluding hydrogens is 349 g/mol. The van der Waals surface area contributed by atoms with Crippen LogP contribution in [0.3, 0.4) is 0 Å². The average molecular weight is 366 g/mol. The standard InChI is InChI=1S/C17H17F3N4O2/c1-10-6-12(26-17(18,19)20)4-5-13(10)11-7-15-14(16(25)23(2)3)9-22-24(15)21-8-11/h4-8,22H,9H2,1-3H3. The molecule has 3 rings (SSSR count). The number of amides is 1. The highest BCUT2D eigenvalue weighted by atomic mass is 19.4. The van der Waals surface area contributed by atoms with Crippen molar-refractivity contribution in [2.24, 2.45) is 5.10 Å². The number of hydrogen-bond donors (Lipinski definition) is 1. The van der Waals surface area contributed by atoms with Crippen LogP contribution in [0.5, 0.6) is 5.75 Å². The van der Waals surface area contributed by atoms with E-state index in [1.807, 2.05) is 0 Å². The summed E-state index contributed by atoms with van der Waals surface area (Å²) in [4.78, 5) is 13.8. The van der Waals surface area contributed by atoms with Gasteiger partial charge in [-0.1, -0.05) is 6.07 Å². The highest BCUT2D eigenvalue weighted by molar-refractivity contribution is 6.12. The molecule has 0 bridgehead atoms. The molecular formula is C17H17F3N4O2. The number of halogens is 3. The Morgan fingerprint density at radius 1 is 1.35 bits per heavy atom. The maximum absolute atomic E-state index is 12.3. The fourth-order valence-corrected chi connectivity index (χ4v) is 2.77. The summed E-state index contributed by atoms with van der Waals surface area (Å²) in [6, 6.07) is 4.11. The normalized spacial score (nSPS) is 16.5. The van der Waals surface area contributed by atoms with E-state index in [1.54, 1.807) is 39.4 Å². The van der Waals surface area contributed by atoms with Crippen molar-refractivity contribution < 1.29 is 22.7 Å². The summed E-state index contributed by atoms with van der Waals surface area (Å²) in [5.41, 5.74) is 6.18. The zero-order valence-electron chi connectivity index (χ0n) is 14.4. The van der Waals surface area contributed by atoms with E-state index in [0.717, 1.165) is 0 Å². The number of fused-ring (bicyclic) bond motifs is 1. The number of aryl methyl sites for hydroxylation is 1. The second kappa shape index (κ2) is 6.49. The number of benzene rings is 1. The fourth-order valence-electron chi connectivity index (χ4n) is 2.77. The molecule has 6 nitrogen and oxygen atoms in total. The Hall–Kier alpha value is -2.81. The Labute approximate surface area is 148 Å². The summed E-state index contributed by atoms with van der Waals surface area (Å²) in [5.74, 6) is -0.410. The first kappa shape index (κ1) is 18.0. The van der Waals surface area contributed by atoms with Gasteiger partial charge in [-0.15, -0.1) is 13.2 Å². The smallest absolute Gasteiger partial charge is 0.406 e. The maximum Gasteiger partial charge on any atom is 0.573 e. The Morgan fingerprint density at radius 2 is 2.08 bits per heavy atom. The van der Waals surface area contributed by atoms with Crippen LogP contribution in [0.1, 0.15) is 11.1 Å². The van der Waals surface area contributed by atoms with Gasteiger partial charge in [0.15, 0.2) is 0 Å². The van der Waals surface area contributed by atoms with E-state index in [9.17, 15) is 18.0 Å². The molecule has 0 aromatic heterocycles. The van der Waals surface area contributed by atoms with Gasteiger partial charge < -0.3 is 9.64 Å². The lowest BCUT2D eigenvalue weighted by Gasteiger charge is -2.20. The van der Waals surface area contributed by atoms with Crippen LogP contribution in [-0.2, 0) is 4.79 Å². The molecule has 2 heterocycles. The predicted octanol–water partition coefficient (Wildman–Crippen LogP) is 2.44. The van der Waals surface area contributed by atoms with E-state index in [-0.39, 0.29) is 11.7 Å². The maximum atomic E-state index is 12.3. The molecule has 0 aliphatic carbocycles. The van der Waals surface area contributed by atoms with Crippen LogP contribution in [0, 0.1) is 6.92 Å². The molecule has 0 saturated heterocycles. The number of hydrogen-bond acceptors (Lipinski definition) is 5. The van der Waals surface area contributed by atoms with Crippen molar-refractivity contribution in [2.75, 3.05) is 20.6 Å². The number of hydrazone groups is 1. The van der Waals surface area contributed by atoms with Gasteiger partial charge in [0.2, 0.25) is 0 Å². The van der Waals surface area contributed by atoms with Crippen molar-refractivity contribution in [1.82, 2.24) is 15.4 Å². The molecule has 0 atom stereocenters. The van der Waals surface area contributed by atoms with Gasteiger partial charge in [0.25, 0.3) is 5.91 Å². The molecule has 0 saturated carbocycles.